The van der Waals surface area contributed by atoms with Crippen molar-refractivity contribution < 1.29 is 23.4 Å². The van der Waals surface area contributed by atoms with Crippen LogP contribution in [0.4, 0.5) is 4.79 Å². The van der Waals surface area contributed by atoms with Gasteiger partial charge in [0.05, 0.1) is 6.61 Å². The van der Waals surface area contributed by atoms with Crippen molar-refractivity contribution in [2.75, 3.05) is 20.0 Å². The van der Waals surface area contributed by atoms with Gasteiger partial charge in [0.1, 0.15) is 6.33 Å². The third-order valence-corrected chi connectivity index (χ3v) is 11.2. The Morgan fingerprint density at radius 3 is 2.63 bits per heavy atom. The van der Waals surface area contributed by atoms with Gasteiger partial charge in [0.2, 0.25) is 6.79 Å². The van der Waals surface area contributed by atoms with E-state index in [1.165, 1.54) is 16.5 Å². The standard InChI is InChI=1S/C22H30N2O5Si/c1-22(2,3)30(4,5)29-12-17-16(11-26-21(25)24-9-8-23-13-24)20(17)15-6-7-18-19(10-15)28-14-27-18/h6-10,13,16-17,20H,11-12,14H2,1-5H3/t16-,17+,20+/m1/s1. The molecule has 1 saturated carbocycles. The highest BCUT2D eigenvalue weighted by molar-refractivity contribution is 6.74. The van der Waals surface area contributed by atoms with Gasteiger partial charge >= 0.3 is 6.09 Å². The van der Waals surface area contributed by atoms with Crippen molar-refractivity contribution >= 4 is 14.4 Å². The van der Waals surface area contributed by atoms with E-state index in [-0.39, 0.29) is 23.7 Å². The first-order valence-corrected chi connectivity index (χ1v) is 13.3. The molecule has 2 aromatic rings. The third kappa shape index (κ3) is 4.11. The van der Waals surface area contributed by atoms with Crippen LogP contribution in [0.25, 0.3) is 0 Å². The Bertz CT molecular complexity index is 907. The molecule has 4 rings (SSSR count). The van der Waals surface area contributed by atoms with Gasteiger partial charge in [-0.2, -0.15) is 0 Å². The summed E-state index contributed by atoms with van der Waals surface area (Å²) >= 11 is 0. The smallest absolute Gasteiger partial charge is 0.419 e. The predicted octanol–water partition coefficient (Wildman–Crippen LogP) is 4.65. The normalized spacial score (nSPS) is 22.8. The summed E-state index contributed by atoms with van der Waals surface area (Å²) in [7, 11) is -1.86. The molecule has 0 spiro atoms. The zero-order valence-corrected chi connectivity index (χ0v) is 19.3. The van der Waals surface area contributed by atoms with Crippen LogP contribution in [-0.4, -0.2) is 44.0 Å². The van der Waals surface area contributed by atoms with Gasteiger partial charge in [-0.15, -0.1) is 0 Å². The van der Waals surface area contributed by atoms with E-state index in [1.54, 1.807) is 12.4 Å². The SMILES string of the molecule is CC(C)(C)[Si](C)(C)OC[C@H]1[C@@H](COC(=O)n2ccnc2)[C@@H]1c1ccc2c(c1)OCO2. The minimum absolute atomic E-state index is 0.152. The van der Waals surface area contributed by atoms with Gasteiger partial charge in [0.25, 0.3) is 0 Å². The second-order valence-electron chi connectivity index (χ2n) is 9.58. The fourth-order valence-electron chi connectivity index (χ4n) is 3.64. The maximum absolute atomic E-state index is 12.2. The molecule has 2 heterocycles. The number of ether oxygens (including phenoxy) is 3. The topological polar surface area (TPSA) is 71.8 Å². The average molecular weight is 431 g/mol. The summed E-state index contributed by atoms with van der Waals surface area (Å²) in [6.07, 6.45) is 4.18. The van der Waals surface area contributed by atoms with Gasteiger partial charge in [0, 0.05) is 24.9 Å². The number of aromatic nitrogens is 2. The molecule has 30 heavy (non-hydrogen) atoms. The van der Waals surface area contributed by atoms with Crippen LogP contribution >= 0.6 is 0 Å². The van der Waals surface area contributed by atoms with Crippen LogP contribution < -0.4 is 9.47 Å². The molecule has 3 atom stereocenters. The molecule has 7 nitrogen and oxygen atoms in total. The van der Waals surface area contributed by atoms with E-state index >= 15 is 0 Å². The van der Waals surface area contributed by atoms with Crippen molar-refractivity contribution in [2.24, 2.45) is 11.8 Å². The molecule has 1 fully saturated rings. The van der Waals surface area contributed by atoms with Gasteiger partial charge in [-0.25, -0.2) is 14.3 Å². The van der Waals surface area contributed by atoms with Crippen LogP contribution in [0.5, 0.6) is 11.5 Å². The number of hydrogen-bond donors (Lipinski definition) is 0. The number of carbonyl (C=O) groups excluding carboxylic acids is 1. The van der Waals surface area contributed by atoms with Crippen molar-refractivity contribution in [1.29, 1.82) is 0 Å². The monoisotopic (exact) mass is 430 g/mol. The highest BCUT2D eigenvalue weighted by atomic mass is 28.4. The number of benzene rings is 1. The molecule has 0 bridgehead atoms. The Kier molecular flexibility index (Phi) is 5.40. The van der Waals surface area contributed by atoms with Crippen LogP contribution in [0.1, 0.15) is 32.3 Å². The summed E-state index contributed by atoms with van der Waals surface area (Å²) in [5.74, 6) is 2.33. The van der Waals surface area contributed by atoms with Crippen LogP contribution in [0.2, 0.25) is 18.1 Å². The van der Waals surface area contributed by atoms with E-state index in [9.17, 15) is 4.79 Å². The molecule has 0 saturated heterocycles. The van der Waals surface area contributed by atoms with Crippen LogP contribution in [0.15, 0.2) is 36.9 Å². The zero-order chi connectivity index (χ0) is 21.5. The van der Waals surface area contributed by atoms with E-state index in [4.69, 9.17) is 18.6 Å². The number of carbonyl (C=O) groups is 1. The van der Waals surface area contributed by atoms with Gasteiger partial charge in [-0.1, -0.05) is 26.8 Å². The maximum atomic E-state index is 12.2. The van der Waals surface area contributed by atoms with E-state index < -0.39 is 14.4 Å². The highest BCUT2D eigenvalue weighted by Gasteiger charge is 2.53. The Balaban J connectivity index is 1.46. The minimum Gasteiger partial charge on any atom is -0.454 e. The molecule has 1 aromatic heterocycles. The van der Waals surface area contributed by atoms with E-state index in [1.807, 2.05) is 12.1 Å². The fourth-order valence-corrected chi connectivity index (χ4v) is 4.69. The lowest BCUT2D eigenvalue weighted by Crippen LogP contribution is -2.41. The van der Waals surface area contributed by atoms with Crippen LogP contribution in [0.3, 0.4) is 0 Å². The number of imidazole rings is 1. The first kappa shape index (κ1) is 20.9. The van der Waals surface area contributed by atoms with Crippen molar-refractivity contribution in [1.82, 2.24) is 9.55 Å². The molecule has 0 amide bonds. The van der Waals surface area contributed by atoms with Crippen LogP contribution in [-0.2, 0) is 9.16 Å². The van der Waals surface area contributed by atoms with Gasteiger partial charge in [-0.3, -0.25) is 0 Å². The Labute approximate surface area is 178 Å². The lowest BCUT2D eigenvalue weighted by molar-refractivity contribution is 0.138. The molecule has 1 aromatic carbocycles. The van der Waals surface area contributed by atoms with Crippen molar-refractivity contribution in [3.05, 3.63) is 42.5 Å². The number of nitrogens with zero attached hydrogens (tertiary/aromatic N) is 2. The van der Waals surface area contributed by atoms with Gasteiger partial charge < -0.3 is 18.6 Å². The molecular weight excluding hydrogens is 400 g/mol. The second kappa shape index (κ2) is 7.74. The minimum atomic E-state index is -1.86. The van der Waals surface area contributed by atoms with Crippen molar-refractivity contribution in [2.45, 2.75) is 44.8 Å². The molecule has 2 aliphatic rings. The predicted molar refractivity (Wildman–Crippen MR) is 114 cm³/mol. The Morgan fingerprint density at radius 1 is 1.20 bits per heavy atom. The lowest BCUT2D eigenvalue weighted by Gasteiger charge is -2.36. The second-order valence-corrected chi connectivity index (χ2v) is 14.4. The Morgan fingerprint density at radius 2 is 1.93 bits per heavy atom. The average Bonchev–Trinajstić information content (AvgIpc) is 3.08. The summed E-state index contributed by atoms with van der Waals surface area (Å²) < 4.78 is 24.4. The van der Waals surface area contributed by atoms with E-state index in [0.717, 1.165) is 11.5 Å². The third-order valence-electron chi connectivity index (χ3n) is 6.67. The Hall–Kier alpha value is -2.32. The molecule has 1 aliphatic heterocycles. The summed E-state index contributed by atoms with van der Waals surface area (Å²) in [6.45, 7) is 12.5. The number of hydrogen-bond acceptors (Lipinski definition) is 6. The number of rotatable bonds is 6. The quantitative estimate of drug-likeness (QED) is 0.621. The lowest BCUT2D eigenvalue weighted by atomic mass is 10.1. The summed E-state index contributed by atoms with van der Waals surface area (Å²) in [5, 5.41) is 0.152. The van der Waals surface area contributed by atoms with E-state index in [2.05, 4.69) is 44.9 Å². The zero-order valence-electron chi connectivity index (χ0n) is 18.3. The van der Waals surface area contributed by atoms with Crippen LogP contribution in [0, 0.1) is 11.8 Å². The molecule has 0 unspecified atom stereocenters. The number of fused-ring (bicyclic) bond motifs is 1. The molecular formula is C22H30N2O5Si. The van der Waals surface area contributed by atoms with E-state index in [0.29, 0.717) is 19.1 Å². The fraction of sp³-hybridized carbons (Fsp3) is 0.545. The molecule has 0 radical (unpaired) electrons. The van der Waals surface area contributed by atoms with Gasteiger partial charge in [0.15, 0.2) is 19.8 Å². The van der Waals surface area contributed by atoms with Gasteiger partial charge in [-0.05, 0) is 47.7 Å². The maximum Gasteiger partial charge on any atom is 0.419 e. The molecule has 162 valence electrons. The largest absolute Gasteiger partial charge is 0.454 e. The molecule has 0 N–H and O–H groups in total. The molecule has 8 heteroatoms. The first-order chi connectivity index (χ1) is 14.2. The van der Waals surface area contributed by atoms with Crippen molar-refractivity contribution in [3.63, 3.8) is 0 Å². The summed E-state index contributed by atoms with van der Waals surface area (Å²) in [4.78, 5) is 16.1. The summed E-state index contributed by atoms with van der Waals surface area (Å²) in [5.41, 5.74) is 1.17. The summed E-state index contributed by atoms with van der Waals surface area (Å²) in [6, 6.07) is 6.08. The van der Waals surface area contributed by atoms with Crippen molar-refractivity contribution in [3.8, 4) is 11.5 Å². The molecule has 1 aliphatic carbocycles. The highest BCUT2D eigenvalue weighted by Crippen LogP contribution is 2.56. The first-order valence-electron chi connectivity index (χ1n) is 10.4.